The molecule has 0 radical (unpaired) electrons. The molecule has 2 unspecified atom stereocenters. The number of fused-ring (bicyclic) bond motifs is 3. The summed E-state index contributed by atoms with van der Waals surface area (Å²) in [4.78, 5) is 5.23. The van der Waals surface area contributed by atoms with E-state index in [1.165, 1.54) is 81.9 Å². The Morgan fingerprint density at radius 1 is 0.574 bits per heavy atom. The van der Waals surface area contributed by atoms with Gasteiger partial charge in [-0.25, -0.2) is 0 Å². The topological polar surface area (TPSA) is 6.48 Å². The third-order valence-electron chi connectivity index (χ3n) is 11.5. The van der Waals surface area contributed by atoms with Crippen molar-refractivity contribution in [3.8, 4) is 0 Å². The maximum absolute atomic E-state index is 2.74. The lowest BCUT2D eigenvalue weighted by atomic mass is 9.61. The molecule has 0 saturated heterocycles. The van der Waals surface area contributed by atoms with Crippen LogP contribution in [-0.4, -0.2) is 5.54 Å². The van der Waals surface area contributed by atoms with Crippen molar-refractivity contribution in [1.29, 1.82) is 0 Å². The van der Waals surface area contributed by atoms with Crippen molar-refractivity contribution in [1.82, 2.24) is 0 Å². The first kappa shape index (κ1) is 33.4. The van der Waals surface area contributed by atoms with E-state index in [1.54, 1.807) is 0 Å². The standard InChI is InChI=1S/C45H58N2/c1-31-25-37(46(35-19-15-17-32(27-35)41(2,3)4)36-20-16-18-33(28-36)42(5,6)7)30-38(26-31)47-40-22-21-34(43(8,9)10)29-39(40)44(11)23-13-14-24-45(44,47)12/h15-22,25-30H,13-14,23-24H2,1-12H3. The van der Waals surface area contributed by atoms with Gasteiger partial charge in [0.2, 0.25) is 0 Å². The van der Waals surface area contributed by atoms with E-state index in [9.17, 15) is 0 Å². The number of hydrogen-bond acceptors (Lipinski definition) is 2. The zero-order valence-corrected chi connectivity index (χ0v) is 31.3. The average molecular weight is 627 g/mol. The molecule has 0 aromatic heterocycles. The van der Waals surface area contributed by atoms with Crippen molar-refractivity contribution in [2.24, 2.45) is 0 Å². The predicted octanol–water partition coefficient (Wildman–Crippen LogP) is 13.1. The van der Waals surface area contributed by atoms with E-state index in [-0.39, 0.29) is 27.2 Å². The number of anilines is 5. The minimum Gasteiger partial charge on any atom is -0.334 e. The number of nitrogens with zero attached hydrogens (tertiary/aromatic N) is 2. The van der Waals surface area contributed by atoms with E-state index in [4.69, 9.17) is 0 Å². The monoisotopic (exact) mass is 626 g/mol. The van der Waals surface area contributed by atoms with Gasteiger partial charge in [-0.2, -0.15) is 0 Å². The molecular formula is C45H58N2. The zero-order valence-electron chi connectivity index (χ0n) is 31.3. The summed E-state index contributed by atoms with van der Waals surface area (Å²) in [6.45, 7) is 28.2. The first-order chi connectivity index (χ1) is 21.8. The minimum absolute atomic E-state index is 0.00170. The third-order valence-corrected chi connectivity index (χ3v) is 11.5. The number of benzene rings is 4. The molecule has 1 aliphatic carbocycles. The van der Waals surface area contributed by atoms with E-state index >= 15 is 0 Å². The van der Waals surface area contributed by atoms with Crippen LogP contribution in [0.5, 0.6) is 0 Å². The van der Waals surface area contributed by atoms with Crippen LogP contribution in [0.1, 0.15) is 130 Å². The Bertz CT molecular complexity index is 1730. The van der Waals surface area contributed by atoms with Gasteiger partial charge in [-0.15, -0.1) is 0 Å². The molecule has 1 saturated carbocycles. The highest BCUT2D eigenvalue weighted by Crippen LogP contribution is 2.61. The van der Waals surface area contributed by atoms with Crippen LogP contribution < -0.4 is 9.80 Å². The third kappa shape index (κ3) is 5.81. The minimum atomic E-state index is -0.00170. The lowest BCUT2D eigenvalue weighted by Crippen LogP contribution is -2.54. The van der Waals surface area contributed by atoms with Gasteiger partial charge in [-0.1, -0.05) is 118 Å². The van der Waals surface area contributed by atoms with Crippen LogP contribution in [0, 0.1) is 6.92 Å². The summed E-state index contributed by atoms with van der Waals surface area (Å²) in [5, 5.41) is 0. The van der Waals surface area contributed by atoms with E-state index < -0.39 is 0 Å². The summed E-state index contributed by atoms with van der Waals surface area (Å²) in [7, 11) is 0. The molecule has 47 heavy (non-hydrogen) atoms. The van der Waals surface area contributed by atoms with Crippen LogP contribution in [-0.2, 0) is 21.7 Å². The maximum Gasteiger partial charge on any atom is 0.0517 e. The molecule has 1 heterocycles. The van der Waals surface area contributed by atoms with E-state index in [1.807, 2.05) is 0 Å². The van der Waals surface area contributed by atoms with Crippen molar-refractivity contribution >= 4 is 28.4 Å². The first-order valence-electron chi connectivity index (χ1n) is 17.9. The Morgan fingerprint density at radius 3 is 1.66 bits per heavy atom. The van der Waals surface area contributed by atoms with Crippen LogP contribution in [0.4, 0.5) is 28.4 Å². The Labute approximate surface area is 286 Å². The molecule has 0 bridgehead atoms. The summed E-state index contributed by atoms with van der Waals surface area (Å²) in [5.74, 6) is 0. The first-order valence-corrected chi connectivity index (χ1v) is 17.9. The van der Waals surface area contributed by atoms with Crippen LogP contribution in [0.3, 0.4) is 0 Å². The predicted molar refractivity (Wildman–Crippen MR) is 205 cm³/mol. The van der Waals surface area contributed by atoms with Gasteiger partial charge in [0.15, 0.2) is 0 Å². The smallest absolute Gasteiger partial charge is 0.0517 e. The highest BCUT2D eigenvalue weighted by molar-refractivity contribution is 5.84. The molecular weight excluding hydrogens is 569 g/mol. The Hall–Kier alpha value is -3.52. The summed E-state index contributed by atoms with van der Waals surface area (Å²) >= 11 is 0. The fraction of sp³-hybridized carbons (Fsp3) is 0.467. The summed E-state index contributed by atoms with van der Waals surface area (Å²) in [5.41, 5.74) is 13.5. The molecule has 4 aromatic rings. The summed E-state index contributed by atoms with van der Waals surface area (Å²) < 4.78 is 0. The van der Waals surface area contributed by atoms with Crippen molar-refractivity contribution in [2.75, 3.05) is 9.80 Å². The van der Waals surface area contributed by atoms with Crippen molar-refractivity contribution in [3.05, 3.63) is 113 Å². The second-order valence-corrected chi connectivity index (χ2v) is 18.1. The summed E-state index contributed by atoms with van der Waals surface area (Å²) in [6, 6.07) is 33.0. The van der Waals surface area contributed by atoms with Crippen LogP contribution in [0.2, 0.25) is 0 Å². The van der Waals surface area contributed by atoms with Crippen molar-refractivity contribution in [2.45, 2.75) is 136 Å². The lowest BCUT2D eigenvalue weighted by Gasteiger charge is -2.50. The maximum atomic E-state index is 2.74. The highest BCUT2D eigenvalue weighted by atomic mass is 15.3. The molecule has 2 atom stereocenters. The molecule has 0 spiro atoms. The molecule has 0 N–H and O–H groups in total. The van der Waals surface area contributed by atoms with Gasteiger partial charge < -0.3 is 9.80 Å². The molecule has 2 heteroatoms. The molecule has 2 nitrogen and oxygen atoms in total. The number of aryl methyl sites for hydroxylation is 1. The highest BCUT2D eigenvalue weighted by Gasteiger charge is 2.57. The SMILES string of the molecule is Cc1cc(N(c2cccc(C(C)(C)C)c2)c2cccc(C(C)(C)C)c2)cc(N2c3ccc(C(C)(C)C)cc3C3(C)CCCCC23C)c1. The normalized spacial score (nSPS) is 21.4. The van der Waals surface area contributed by atoms with Crippen molar-refractivity contribution in [3.63, 3.8) is 0 Å². The second kappa shape index (κ2) is 11.3. The molecule has 1 fully saturated rings. The summed E-state index contributed by atoms with van der Waals surface area (Å²) in [6.07, 6.45) is 4.98. The van der Waals surface area contributed by atoms with Crippen LogP contribution in [0.15, 0.2) is 84.9 Å². The van der Waals surface area contributed by atoms with Gasteiger partial charge in [-0.05, 0) is 119 Å². The number of rotatable bonds is 4. The molecule has 2 aliphatic rings. The average Bonchev–Trinajstić information content (AvgIpc) is 3.19. The zero-order chi connectivity index (χ0) is 34.2. The fourth-order valence-electron chi connectivity index (χ4n) is 8.28. The molecule has 4 aromatic carbocycles. The van der Waals surface area contributed by atoms with Gasteiger partial charge in [-0.3, -0.25) is 0 Å². The Morgan fingerprint density at radius 2 is 1.11 bits per heavy atom. The van der Waals surface area contributed by atoms with Crippen molar-refractivity contribution < 1.29 is 0 Å². The molecule has 6 rings (SSSR count). The van der Waals surface area contributed by atoms with Gasteiger partial charge in [0.05, 0.1) is 5.54 Å². The quantitative estimate of drug-likeness (QED) is 0.222. The van der Waals surface area contributed by atoms with Crippen LogP contribution in [0.25, 0.3) is 0 Å². The van der Waals surface area contributed by atoms with Gasteiger partial charge in [0.25, 0.3) is 0 Å². The number of hydrogen-bond donors (Lipinski definition) is 0. The van der Waals surface area contributed by atoms with E-state index in [0.717, 1.165) is 0 Å². The van der Waals surface area contributed by atoms with E-state index in [2.05, 4.69) is 178 Å². The largest absolute Gasteiger partial charge is 0.334 e. The fourth-order valence-corrected chi connectivity index (χ4v) is 8.28. The molecule has 248 valence electrons. The van der Waals surface area contributed by atoms with Gasteiger partial charge in [0.1, 0.15) is 0 Å². The lowest BCUT2D eigenvalue weighted by molar-refractivity contribution is 0.195. The van der Waals surface area contributed by atoms with Crippen LogP contribution >= 0.6 is 0 Å². The Kier molecular flexibility index (Phi) is 8.02. The van der Waals surface area contributed by atoms with Gasteiger partial charge >= 0.3 is 0 Å². The second-order valence-electron chi connectivity index (χ2n) is 18.1. The molecule has 0 amide bonds. The molecule has 1 aliphatic heterocycles. The Balaban J connectivity index is 1.58. The van der Waals surface area contributed by atoms with Gasteiger partial charge in [0, 0.05) is 33.9 Å². The van der Waals surface area contributed by atoms with E-state index in [0.29, 0.717) is 0 Å².